The number of nitrogens with zero attached hydrogens (tertiary/aromatic N) is 1. The minimum absolute atomic E-state index is 0.120. The predicted molar refractivity (Wildman–Crippen MR) is 156 cm³/mol. The summed E-state index contributed by atoms with van der Waals surface area (Å²) in [5.41, 5.74) is 19.0. The highest BCUT2D eigenvalue weighted by Crippen LogP contribution is 2.35. The van der Waals surface area contributed by atoms with Crippen LogP contribution in [0.15, 0.2) is 82.5 Å². The van der Waals surface area contributed by atoms with Crippen LogP contribution >= 0.6 is 0 Å². The summed E-state index contributed by atoms with van der Waals surface area (Å²) in [7, 11) is 0. The Morgan fingerprint density at radius 3 is 2.62 bits per heavy atom. The largest absolute Gasteiger partial charge is 0.488 e. The number of benzene rings is 3. The molecule has 7 heteroatoms. The van der Waals surface area contributed by atoms with Crippen LogP contribution in [-0.4, -0.2) is 24.8 Å². The standard InChI is InChI=1S/C32H35N3O4/c1-4-37-31(36)15-24-9-5-6-11-30(24)38-19-27-20-39-32-28(26(17-34)18-35-21(2)3)13-25(14-29(27)32)23-10-7-8-22(12-23)16-33/h5-14,17-18,20-21H,4,15-16,19,33-34H2,1-3H3/b26-17+,35-18?. The zero-order chi connectivity index (χ0) is 27.8. The van der Waals surface area contributed by atoms with Gasteiger partial charge in [0.25, 0.3) is 0 Å². The molecule has 1 aromatic heterocycles. The SMILES string of the molecule is CCOC(=O)Cc1ccccc1OCc1coc2c(/C(C=NC(C)C)=C/N)cc(-c3cccc(CN)c3)cc12. The molecule has 0 aliphatic carbocycles. The van der Waals surface area contributed by atoms with Gasteiger partial charge in [0.1, 0.15) is 17.9 Å². The molecule has 0 unspecified atom stereocenters. The van der Waals surface area contributed by atoms with E-state index in [1.54, 1.807) is 25.6 Å². The van der Waals surface area contributed by atoms with Crippen molar-refractivity contribution in [2.45, 2.75) is 46.4 Å². The summed E-state index contributed by atoms with van der Waals surface area (Å²) in [6.45, 7) is 6.85. The van der Waals surface area contributed by atoms with Crippen LogP contribution in [0.4, 0.5) is 0 Å². The van der Waals surface area contributed by atoms with Gasteiger partial charge in [-0.15, -0.1) is 0 Å². The molecule has 0 aliphatic rings. The van der Waals surface area contributed by atoms with E-state index in [4.69, 9.17) is 25.4 Å². The van der Waals surface area contributed by atoms with Crippen molar-refractivity contribution in [3.63, 3.8) is 0 Å². The highest BCUT2D eigenvalue weighted by molar-refractivity contribution is 6.14. The molecule has 0 aliphatic heterocycles. The van der Waals surface area contributed by atoms with Crippen molar-refractivity contribution in [1.82, 2.24) is 0 Å². The third kappa shape index (κ3) is 6.75. The van der Waals surface area contributed by atoms with Crippen LogP contribution in [0.3, 0.4) is 0 Å². The molecule has 0 amide bonds. The topological polar surface area (TPSA) is 113 Å². The molecular formula is C32H35N3O4. The number of nitrogens with two attached hydrogens (primary N) is 2. The van der Waals surface area contributed by atoms with Crippen molar-refractivity contribution in [3.05, 3.63) is 95.4 Å². The lowest BCUT2D eigenvalue weighted by Gasteiger charge is -2.12. The summed E-state index contributed by atoms with van der Waals surface area (Å²) >= 11 is 0. The lowest BCUT2D eigenvalue weighted by Crippen LogP contribution is -2.09. The van der Waals surface area contributed by atoms with E-state index in [2.05, 4.69) is 29.3 Å². The third-order valence-electron chi connectivity index (χ3n) is 6.25. The molecule has 0 saturated carbocycles. The molecule has 4 aromatic rings. The summed E-state index contributed by atoms with van der Waals surface area (Å²) in [5.74, 6) is 0.332. The molecule has 0 spiro atoms. The molecule has 0 bridgehead atoms. The smallest absolute Gasteiger partial charge is 0.310 e. The summed E-state index contributed by atoms with van der Waals surface area (Å²) in [4.78, 5) is 16.6. The number of ether oxygens (including phenoxy) is 2. The summed E-state index contributed by atoms with van der Waals surface area (Å²) in [6.07, 6.45) is 5.17. The van der Waals surface area contributed by atoms with Crippen LogP contribution in [0.1, 0.15) is 43.0 Å². The van der Waals surface area contributed by atoms with Crippen LogP contribution in [0.2, 0.25) is 0 Å². The number of para-hydroxylation sites is 1. The lowest BCUT2D eigenvalue weighted by atomic mass is 9.95. The Bertz CT molecular complexity index is 1500. The van der Waals surface area contributed by atoms with Gasteiger partial charge in [0, 0.05) is 52.7 Å². The molecule has 0 radical (unpaired) electrons. The number of fused-ring (bicyclic) bond motifs is 1. The second kappa shape index (κ2) is 12.9. The minimum atomic E-state index is -0.291. The number of hydrogen-bond acceptors (Lipinski definition) is 7. The number of esters is 1. The van der Waals surface area contributed by atoms with E-state index in [1.807, 2.05) is 50.2 Å². The van der Waals surface area contributed by atoms with Gasteiger partial charge in [-0.05, 0) is 61.7 Å². The van der Waals surface area contributed by atoms with Gasteiger partial charge in [-0.1, -0.05) is 36.4 Å². The van der Waals surface area contributed by atoms with E-state index in [-0.39, 0.29) is 25.0 Å². The fraction of sp³-hybridized carbons (Fsp3) is 0.250. The Labute approximate surface area is 229 Å². The zero-order valence-electron chi connectivity index (χ0n) is 22.6. The van der Waals surface area contributed by atoms with Gasteiger partial charge in [0.2, 0.25) is 0 Å². The van der Waals surface area contributed by atoms with Gasteiger partial charge in [-0.3, -0.25) is 9.79 Å². The van der Waals surface area contributed by atoms with Crippen LogP contribution in [0.5, 0.6) is 5.75 Å². The van der Waals surface area contributed by atoms with Crippen molar-refractivity contribution in [3.8, 4) is 16.9 Å². The number of rotatable bonds is 11. The monoisotopic (exact) mass is 525 g/mol. The molecule has 4 N–H and O–H groups in total. The van der Waals surface area contributed by atoms with Crippen LogP contribution < -0.4 is 16.2 Å². The number of aliphatic imine (C=N–C) groups is 1. The molecule has 39 heavy (non-hydrogen) atoms. The average molecular weight is 526 g/mol. The summed E-state index contributed by atoms with van der Waals surface area (Å²) < 4.78 is 17.4. The van der Waals surface area contributed by atoms with Crippen molar-refractivity contribution in [2.24, 2.45) is 16.5 Å². The van der Waals surface area contributed by atoms with E-state index in [0.717, 1.165) is 44.3 Å². The molecule has 4 rings (SSSR count). The van der Waals surface area contributed by atoms with Crippen molar-refractivity contribution >= 4 is 28.7 Å². The molecule has 0 fully saturated rings. The normalized spacial score (nSPS) is 12.0. The first-order valence-corrected chi connectivity index (χ1v) is 13.1. The Morgan fingerprint density at radius 1 is 1.05 bits per heavy atom. The Balaban J connectivity index is 1.75. The Hall–Kier alpha value is -4.36. The van der Waals surface area contributed by atoms with Gasteiger partial charge in [-0.25, -0.2) is 0 Å². The van der Waals surface area contributed by atoms with E-state index >= 15 is 0 Å². The second-order valence-electron chi connectivity index (χ2n) is 9.44. The van der Waals surface area contributed by atoms with Crippen molar-refractivity contribution in [1.29, 1.82) is 0 Å². The van der Waals surface area contributed by atoms with Gasteiger partial charge in [0.15, 0.2) is 0 Å². The van der Waals surface area contributed by atoms with Gasteiger partial charge in [-0.2, -0.15) is 0 Å². The minimum Gasteiger partial charge on any atom is -0.488 e. The van der Waals surface area contributed by atoms with Crippen LogP contribution in [-0.2, 0) is 29.1 Å². The Morgan fingerprint density at radius 2 is 1.87 bits per heavy atom. The van der Waals surface area contributed by atoms with E-state index in [1.165, 1.54) is 0 Å². The predicted octanol–water partition coefficient (Wildman–Crippen LogP) is 6.02. The fourth-order valence-corrected chi connectivity index (χ4v) is 4.30. The maximum absolute atomic E-state index is 12.1. The second-order valence-corrected chi connectivity index (χ2v) is 9.44. The number of carbonyl (C=O) groups excluding carboxylic acids is 1. The summed E-state index contributed by atoms with van der Waals surface area (Å²) in [5, 5.41) is 0.904. The molecule has 0 atom stereocenters. The van der Waals surface area contributed by atoms with Crippen molar-refractivity contribution < 1.29 is 18.7 Å². The fourth-order valence-electron chi connectivity index (χ4n) is 4.30. The van der Waals surface area contributed by atoms with E-state index in [0.29, 0.717) is 24.5 Å². The number of furan rings is 1. The number of carbonyl (C=O) groups is 1. The highest BCUT2D eigenvalue weighted by Gasteiger charge is 2.17. The van der Waals surface area contributed by atoms with Gasteiger partial charge < -0.3 is 25.4 Å². The first kappa shape index (κ1) is 27.7. The van der Waals surface area contributed by atoms with Gasteiger partial charge >= 0.3 is 5.97 Å². The molecule has 0 saturated heterocycles. The molecular weight excluding hydrogens is 490 g/mol. The zero-order valence-corrected chi connectivity index (χ0v) is 22.6. The Kier molecular flexibility index (Phi) is 9.18. The number of allylic oxidation sites excluding steroid dienone is 1. The average Bonchev–Trinajstić information content (AvgIpc) is 3.35. The van der Waals surface area contributed by atoms with Crippen LogP contribution in [0.25, 0.3) is 27.7 Å². The maximum Gasteiger partial charge on any atom is 0.310 e. The van der Waals surface area contributed by atoms with Crippen molar-refractivity contribution in [2.75, 3.05) is 6.61 Å². The lowest BCUT2D eigenvalue weighted by molar-refractivity contribution is -0.142. The quantitative estimate of drug-likeness (QED) is 0.183. The third-order valence-corrected chi connectivity index (χ3v) is 6.25. The molecule has 3 aromatic carbocycles. The maximum atomic E-state index is 12.1. The van der Waals surface area contributed by atoms with E-state index < -0.39 is 0 Å². The first-order chi connectivity index (χ1) is 18.9. The van der Waals surface area contributed by atoms with Gasteiger partial charge in [0.05, 0.1) is 19.3 Å². The first-order valence-electron chi connectivity index (χ1n) is 13.1. The molecule has 202 valence electrons. The molecule has 1 heterocycles. The highest BCUT2D eigenvalue weighted by atomic mass is 16.5. The number of hydrogen-bond donors (Lipinski definition) is 2. The van der Waals surface area contributed by atoms with E-state index in [9.17, 15) is 4.79 Å². The molecule has 7 nitrogen and oxygen atoms in total. The van der Waals surface area contributed by atoms with Crippen LogP contribution in [0, 0.1) is 0 Å². The summed E-state index contributed by atoms with van der Waals surface area (Å²) in [6, 6.07) is 19.9.